The standard InChI is InChI=1S/C12H17N3O4/c1-4-5-12(2,11(18)19-3)15-10(17)8-6-14-9(16)7-13-8/h6-7H,4-5H2,1-3H3,(H,14,16)(H,15,17). The Morgan fingerprint density at radius 3 is 2.68 bits per heavy atom. The fraction of sp³-hybridized carbons (Fsp3) is 0.500. The number of nitrogens with zero attached hydrogens (tertiary/aromatic N) is 1. The van der Waals surface area contributed by atoms with Crippen molar-refractivity contribution in [3.8, 4) is 0 Å². The van der Waals surface area contributed by atoms with Gasteiger partial charge in [0.05, 0.1) is 13.3 Å². The van der Waals surface area contributed by atoms with Crippen molar-refractivity contribution < 1.29 is 14.3 Å². The van der Waals surface area contributed by atoms with Crippen molar-refractivity contribution in [2.24, 2.45) is 0 Å². The highest BCUT2D eigenvalue weighted by Crippen LogP contribution is 2.14. The van der Waals surface area contributed by atoms with Gasteiger partial charge in [-0.05, 0) is 13.3 Å². The van der Waals surface area contributed by atoms with Gasteiger partial charge < -0.3 is 15.0 Å². The van der Waals surface area contributed by atoms with E-state index in [0.29, 0.717) is 12.8 Å². The van der Waals surface area contributed by atoms with Gasteiger partial charge >= 0.3 is 5.97 Å². The highest BCUT2D eigenvalue weighted by molar-refractivity contribution is 5.96. The normalized spacial score (nSPS) is 13.4. The minimum Gasteiger partial charge on any atom is -0.467 e. The first kappa shape index (κ1) is 14.9. The van der Waals surface area contributed by atoms with Crippen LogP contribution in [0.5, 0.6) is 0 Å². The predicted octanol–water partition coefficient (Wildman–Crippen LogP) is 0.231. The third kappa shape index (κ3) is 3.64. The fourth-order valence-electron chi connectivity index (χ4n) is 1.72. The molecule has 2 N–H and O–H groups in total. The van der Waals surface area contributed by atoms with E-state index in [-0.39, 0.29) is 5.69 Å². The molecule has 0 saturated heterocycles. The topological polar surface area (TPSA) is 101 Å². The van der Waals surface area contributed by atoms with E-state index >= 15 is 0 Å². The van der Waals surface area contributed by atoms with Gasteiger partial charge in [-0.15, -0.1) is 0 Å². The fourth-order valence-corrected chi connectivity index (χ4v) is 1.72. The molecule has 0 fully saturated rings. The van der Waals surface area contributed by atoms with Crippen LogP contribution in [0.25, 0.3) is 0 Å². The maximum absolute atomic E-state index is 12.0. The SMILES string of the molecule is CCCC(C)(NC(=O)c1c[nH]c(=O)cn1)C(=O)OC. The van der Waals surface area contributed by atoms with Gasteiger partial charge in [0.1, 0.15) is 11.2 Å². The first-order valence-electron chi connectivity index (χ1n) is 5.88. The summed E-state index contributed by atoms with van der Waals surface area (Å²) in [6.07, 6.45) is 3.34. The van der Waals surface area contributed by atoms with Gasteiger partial charge in [0, 0.05) is 6.20 Å². The lowest BCUT2D eigenvalue weighted by atomic mass is 9.96. The molecule has 0 radical (unpaired) electrons. The summed E-state index contributed by atoms with van der Waals surface area (Å²) >= 11 is 0. The number of ether oxygens (including phenoxy) is 1. The lowest BCUT2D eigenvalue weighted by Gasteiger charge is -2.27. The summed E-state index contributed by atoms with van der Waals surface area (Å²) in [7, 11) is 1.26. The smallest absolute Gasteiger partial charge is 0.331 e. The average molecular weight is 267 g/mol. The number of hydrogen-bond donors (Lipinski definition) is 2. The van der Waals surface area contributed by atoms with Crippen LogP contribution in [-0.4, -0.2) is 34.5 Å². The maximum Gasteiger partial charge on any atom is 0.331 e. The Morgan fingerprint density at radius 2 is 2.21 bits per heavy atom. The Labute approximate surface area is 110 Å². The van der Waals surface area contributed by atoms with Crippen LogP contribution in [0.4, 0.5) is 0 Å². The number of carbonyl (C=O) groups excluding carboxylic acids is 2. The summed E-state index contributed by atoms with van der Waals surface area (Å²) in [6, 6.07) is 0. The molecule has 0 saturated carbocycles. The van der Waals surface area contributed by atoms with Crippen molar-refractivity contribution >= 4 is 11.9 Å². The average Bonchev–Trinajstić information content (AvgIpc) is 2.38. The van der Waals surface area contributed by atoms with E-state index in [4.69, 9.17) is 4.74 Å². The van der Waals surface area contributed by atoms with Crippen LogP contribution >= 0.6 is 0 Å². The second-order valence-corrected chi connectivity index (χ2v) is 4.32. The summed E-state index contributed by atoms with van der Waals surface area (Å²) in [6.45, 7) is 3.48. The molecule has 1 heterocycles. The zero-order valence-corrected chi connectivity index (χ0v) is 11.1. The number of carbonyl (C=O) groups is 2. The second kappa shape index (κ2) is 6.12. The van der Waals surface area contributed by atoms with Crippen molar-refractivity contribution in [1.29, 1.82) is 0 Å². The van der Waals surface area contributed by atoms with Crippen molar-refractivity contribution in [1.82, 2.24) is 15.3 Å². The molecule has 1 rings (SSSR count). The van der Waals surface area contributed by atoms with E-state index in [1.807, 2.05) is 6.92 Å². The summed E-state index contributed by atoms with van der Waals surface area (Å²) in [4.78, 5) is 40.6. The Bertz CT molecular complexity index is 505. The number of esters is 1. The Morgan fingerprint density at radius 1 is 1.53 bits per heavy atom. The third-order valence-electron chi connectivity index (χ3n) is 2.68. The quantitative estimate of drug-likeness (QED) is 0.744. The molecule has 0 aliphatic carbocycles. The van der Waals surface area contributed by atoms with Crippen LogP contribution in [-0.2, 0) is 9.53 Å². The highest BCUT2D eigenvalue weighted by atomic mass is 16.5. The number of nitrogens with one attached hydrogen (secondary N) is 2. The predicted molar refractivity (Wildman–Crippen MR) is 67.7 cm³/mol. The van der Waals surface area contributed by atoms with Gasteiger partial charge in [-0.25, -0.2) is 9.78 Å². The first-order chi connectivity index (χ1) is 8.92. The highest BCUT2D eigenvalue weighted by Gasteiger charge is 2.35. The number of hydrogen-bond acceptors (Lipinski definition) is 5. The van der Waals surface area contributed by atoms with Crippen molar-refractivity contribution in [2.45, 2.75) is 32.2 Å². The molecule has 1 unspecified atom stereocenters. The minimum atomic E-state index is -1.11. The Balaban J connectivity index is 2.90. The first-order valence-corrected chi connectivity index (χ1v) is 5.88. The molecular weight excluding hydrogens is 250 g/mol. The Kier molecular flexibility index (Phi) is 4.80. The molecule has 7 nitrogen and oxygen atoms in total. The molecule has 0 aliphatic heterocycles. The van der Waals surface area contributed by atoms with Gasteiger partial charge in [-0.1, -0.05) is 13.3 Å². The largest absolute Gasteiger partial charge is 0.467 e. The van der Waals surface area contributed by atoms with Gasteiger partial charge in [0.25, 0.3) is 11.5 Å². The van der Waals surface area contributed by atoms with Crippen LogP contribution < -0.4 is 10.9 Å². The summed E-state index contributed by atoms with van der Waals surface area (Å²) in [5, 5.41) is 2.58. The number of methoxy groups -OCH3 is 1. The zero-order chi connectivity index (χ0) is 14.5. The molecule has 1 amide bonds. The van der Waals surface area contributed by atoms with Crippen molar-refractivity contribution in [3.05, 3.63) is 28.4 Å². The molecule has 19 heavy (non-hydrogen) atoms. The van der Waals surface area contributed by atoms with Gasteiger partial charge in [-0.3, -0.25) is 9.59 Å². The van der Waals surface area contributed by atoms with E-state index in [0.717, 1.165) is 6.20 Å². The second-order valence-electron chi connectivity index (χ2n) is 4.32. The molecule has 1 aromatic heterocycles. The van der Waals surface area contributed by atoms with Gasteiger partial charge in [0.15, 0.2) is 0 Å². The number of aromatic amines is 1. The maximum atomic E-state index is 12.0. The number of aromatic nitrogens is 2. The van der Waals surface area contributed by atoms with E-state index < -0.39 is 23.0 Å². The van der Waals surface area contributed by atoms with E-state index in [2.05, 4.69) is 15.3 Å². The molecule has 1 atom stereocenters. The van der Waals surface area contributed by atoms with Crippen LogP contribution in [0.2, 0.25) is 0 Å². The monoisotopic (exact) mass is 267 g/mol. The minimum absolute atomic E-state index is 0.0332. The molecule has 0 spiro atoms. The van der Waals surface area contributed by atoms with E-state index in [9.17, 15) is 14.4 Å². The Hall–Kier alpha value is -2.18. The van der Waals surface area contributed by atoms with Crippen molar-refractivity contribution in [3.63, 3.8) is 0 Å². The molecule has 104 valence electrons. The lowest BCUT2D eigenvalue weighted by molar-refractivity contribution is -0.147. The summed E-state index contributed by atoms with van der Waals surface area (Å²) in [5.41, 5.74) is -1.48. The van der Waals surface area contributed by atoms with Crippen LogP contribution in [0.15, 0.2) is 17.2 Å². The number of H-pyrrole nitrogens is 1. The van der Waals surface area contributed by atoms with Crippen molar-refractivity contribution in [2.75, 3.05) is 7.11 Å². The number of rotatable bonds is 5. The van der Waals surface area contributed by atoms with Crippen LogP contribution in [0, 0.1) is 0 Å². The molecule has 0 aliphatic rings. The molecule has 7 heteroatoms. The third-order valence-corrected chi connectivity index (χ3v) is 2.68. The van der Waals surface area contributed by atoms with Crippen LogP contribution in [0.1, 0.15) is 37.2 Å². The molecule has 1 aromatic rings. The van der Waals surface area contributed by atoms with Crippen LogP contribution in [0.3, 0.4) is 0 Å². The summed E-state index contributed by atoms with van der Waals surface area (Å²) in [5.74, 6) is -1.07. The summed E-state index contributed by atoms with van der Waals surface area (Å²) < 4.78 is 4.69. The van der Waals surface area contributed by atoms with Gasteiger partial charge in [-0.2, -0.15) is 0 Å². The van der Waals surface area contributed by atoms with E-state index in [1.54, 1.807) is 6.92 Å². The van der Waals surface area contributed by atoms with E-state index in [1.165, 1.54) is 13.3 Å². The lowest BCUT2D eigenvalue weighted by Crippen LogP contribution is -2.52. The molecule has 0 bridgehead atoms. The number of amides is 1. The van der Waals surface area contributed by atoms with Gasteiger partial charge in [0.2, 0.25) is 0 Å². The molecular formula is C12H17N3O4. The molecule has 0 aromatic carbocycles. The zero-order valence-electron chi connectivity index (χ0n) is 11.1.